The monoisotopic (exact) mass is 509 g/mol. The second-order valence-corrected chi connectivity index (χ2v) is 7.04. The van der Waals surface area contributed by atoms with E-state index in [-0.39, 0.29) is 48.6 Å². The molecular weight excluding hydrogens is 480 g/mol. The predicted molar refractivity (Wildman–Crippen MR) is 115 cm³/mol. The van der Waals surface area contributed by atoms with Crippen molar-refractivity contribution in [2.24, 2.45) is 10.4 Å². The molecule has 28 heavy (non-hydrogen) atoms. The van der Waals surface area contributed by atoms with E-state index in [0.29, 0.717) is 45.1 Å². The zero-order chi connectivity index (χ0) is 19.1. The molecule has 7 nitrogen and oxygen atoms in total. The first-order chi connectivity index (χ1) is 13.2. The maximum Gasteiger partial charge on any atom is 0.191 e. The molecule has 3 N–H and O–H groups in total. The highest BCUT2D eigenvalue weighted by Gasteiger charge is 2.34. The van der Waals surface area contributed by atoms with Crippen molar-refractivity contribution in [1.82, 2.24) is 10.6 Å². The molecule has 1 unspecified atom stereocenters. The van der Waals surface area contributed by atoms with E-state index in [4.69, 9.17) is 14.2 Å². The van der Waals surface area contributed by atoms with Crippen molar-refractivity contribution in [1.29, 1.82) is 0 Å². The van der Waals surface area contributed by atoms with Crippen molar-refractivity contribution in [3.8, 4) is 5.75 Å². The third kappa shape index (κ3) is 5.91. The standard InChI is InChI=1S/C19H28FN3O4.HI/c1-21-18(23-11-19(3-6-24)4-7-25-12-19)22-5-2-14-8-16(20)9-15-10-26-13-27-17(14)15;/h8-9,24H,2-7,10-13H2,1H3,(H2,21,22,23);1H. The van der Waals surface area contributed by atoms with E-state index < -0.39 is 0 Å². The number of halogens is 2. The maximum absolute atomic E-state index is 13.8. The third-order valence-electron chi connectivity index (χ3n) is 5.12. The van der Waals surface area contributed by atoms with Crippen LogP contribution >= 0.6 is 24.0 Å². The first kappa shape index (κ1) is 23.1. The number of nitrogens with zero attached hydrogens (tertiary/aromatic N) is 1. The quantitative estimate of drug-likeness (QED) is 0.296. The van der Waals surface area contributed by atoms with E-state index in [1.54, 1.807) is 7.05 Å². The van der Waals surface area contributed by atoms with Crippen LogP contribution in [-0.2, 0) is 22.5 Å². The molecule has 1 aromatic carbocycles. The highest BCUT2D eigenvalue weighted by molar-refractivity contribution is 14.0. The lowest BCUT2D eigenvalue weighted by molar-refractivity contribution is -0.0172. The fraction of sp³-hybridized carbons (Fsp3) is 0.632. The second kappa shape index (κ2) is 11.1. The van der Waals surface area contributed by atoms with Gasteiger partial charge in [0, 0.05) is 44.3 Å². The van der Waals surface area contributed by atoms with Crippen LogP contribution < -0.4 is 15.4 Å². The minimum atomic E-state index is -0.285. The summed E-state index contributed by atoms with van der Waals surface area (Å²) in [6, 6.07) is 2.96. The smallest absolute Gasteiger partial charge is 0.191 e. The van der Waals surface area contributed by atoms with Crippen molar-refractivity contribution in [2.75, 3.05) is 46.8 Å². The van der Waals surface area contributed by atoms with Crippen LogP contribution in [-0.4, -0.2) is 57.8 Å². The Hall–Kier alpha value is -1.17. The predicted octanol–water partition coefficient (Wildman–Crippen LogP) is 1.81. The van der Waals surface area contributed by atoms with Crippen LogP contribution in [0.2, 0.25) is 0 Å². The largest absolute Gasteiger partial charge is 0.467 e. The minimum Gasteiger partial charge on any atom is -0.467 e. The Bertz CT molecular complexity index is 669. The molecule has 0 aromatic heterocycles. The molecule has 9 heteroatoms. The number of benzene rings is 1. The summed E-state index contributed by atoms with van der Waals surface area (Å²) in [6.45, 7) is 3.34. The van der Waals surface area contributed by atoms with Gasteiger partial charge in [-0.05, 0) is 37.0 Å². The first-order valence-electron chi connectivity index (χ1n) is 9.31. The van der Waals surface area contributed by atoms with Crippen molar-refractivity contribution in [2.45, 2.75) is 25.9 Å². The van der Waals surface area contributed by atoms with Gasteiger partial charge in [0.05, 0.1) is 13.2 Å². The number of hydrogen-bond donors (Lipinski definition) is 3. The molecule has 1 atom stereocenters. The van der Waals surface area contributed by atoms with Gasteiger partial charge in [-0.3, -0.25) is 4.99 Å². The summed E-state index contributed by atoms with van der Waals surface area (Å²) < 4.78 is 30.1. The molecule has 1 fully saturated rings. The van der Waals surface area contributed by atoms with Crippen molar-refractivity contribution >= 4 is 29.9 Å². The number of nitrogens with one attached hydrogen (secondary N) is 2. The Morgan fingerprint density at radius 2 is 2.18 bits per heavy atom. The normalized spacial score (nSPS) is 21.5. The summed E-state index contributed by atoms with van der Waals surface area (Å²) in [5, 5.41) is 15.9. The molecule has 3 rings (SSSR count). The molecule has 1 saturated heterocycles. The van der Waals surface area contributed by atoms with E-state index in [2.05, 4.69) is 15.6 Å². The summed E-state index contributed by atoms with van der Waals surface area (Å²) in [5.74, 6) is 1.11. The SMILES string of the molecule is CN=C(NCCc1cc(F)cc2c1OCOC2)NCC1(CCO)CCOC1.I. The molecule has 158 valence electrons. The molecule has 0 aliphatic carbocycles. The van der Waals surface area contributed by atoms with Crippen LogP contribution in [0.1, 0.15) is 24.0 Å². The van der Waals surface area contributed by atoms with Gasteiger partial charge in [-0.1, -0.05) is 0 Å². The van der Waals surface area contributed by atoms with Gasteiger partial charge in [0.15, 0.2) is 12.8 Å². The number of guanidine groups is 1. The third-order valence-corrected chi connectivity index (χ3v) is 5.12. The molecular formula is C19H29FIN3O4. The van der Waals surface area contributed by atoms with Crippen molar-refractivity contribution in [3.05, 3.63) is 29.1 Å². The number of fused-ring (bicyclic) bond motifs is 1. The number of aliphatic imine (C=N–C) groups is 1. The minimum absolute atomic E-state index is 0. The zero-order valence-electron chi connectivity index (χ0n) is 16.1. The van der Waals surface area contributed by atoms with Crippen LogP contribution in [0.3, 0.4) is 0 Å². The van der Waals surface area contributed by atoms with Gasteiger partial charge in [-0.2, -0.15) is 0 Å². The van der Waals surface area contributed by atoms with Crippen LogP contribution in [0.15, 0.2) is 17.1 Å². The number of hydrogen-bond acceptors (Lipinski definition) is 5. The summed E-state index contributed by atoms with van der Waals surface area (Å²) in [5.41, 5.74) is 1.50. The van der Waals surface area contributed by atoms with Crippen molar-refractivity contribution < 1.29 is 23.7 Å². The van der Waals surface area contributed by atoms with E-state index >= 15 is 0 Å². The lowest BCUT2D eigenvalue weighted by Gasteiger charge is -2.27. The van der Waals surface area contributed by atoms with E-state index in [1.165, 1.54) is 12.1 Å². The molecule has 0 saturated carbocycles. The summed E-state index contributed by atoms with van der Waals surface area (Å²) >= 11 is 0. The Kier molecular flexibility index (Phi) is 9.19. The maximum atomic E-state index is 13.8. The fourth-order valence-electron chi connectivity index (χ4n) is 3.56. The number of aliphatic hydroxyl groups excluding tert-OH is 1. The molecule has 0 radical (unpaired) electrons. The molecule has 0 amide bonds. The Morgan fingerprint density at radius 3 is 2.89 bits per heavy atom. The highest BCUT2D eigenvalue weighted by Crippen LogP contribution is 2.31. The van der Waals surface area contributed by atoms with Gasteiger partial charge < -0.3 is 30.0 Å². The molecule has 0 bridgehead atoms. The van der Waals surface area contributed by atoms with E-state index in [0.717, 1.165) is 29.9 Å². The first-order valence-corrected chi connectivity index (χ1v) is 9.31. The van der Waals surface area contributed by atoms with Crippen LogP contribution in [0.25, 0.3) is 0 Å². The van der Waals surface area contributed by atoms with Crippen molar-refractivity contribution in [3.63, 3.8) is 0 Å². The summed E-state index contributed by atoms with van der Waals surface area (Å²) in [6.07, 6.45) is 2.23. The molecule has 2 aliphatic rings. The second-order valence-electron chi connectivity index (χ2n) is 7.04. The zero-order valence-corrected chi connectivity index (χ0v) is 18.5. The van der Waals surface area contributed by atoms with Gasteiger partial charge in [0.1, 0.15) is 11.6 Å². The Balaban J connectivity index is 0.00000280. The van der Waals surface area contributed by atoms with Crippen LogP contribution in [0.5, 0.6) is 5.75 Å². The fourth-order valence-corrected chi connectivity index (χ4v) is 3.56. The topological polar surface area (TPSA) is 84.3 Å². The molecule has 1 aromatic rings. The lowest BCUT2D eigenvalue weighted by atomic mass is 9.84. The summed E-state index contributed by atoms with van der Waals surface area (Å²) in [4.78, 5) is 4.24. The van der Waals surface area contributed by atoms with Gasteiger partial charge in [0.2, 0.25) is 0 Å². The number of ether oxygens (including phenoxy) is 3. The lowest BCUT2D eigenvalue weighted by Crippen LogP contribution is -2.45. The van der Waals surface area contributed by atoms with Gasteiger partial charge in [-0.25, -0.2) is 4.39 Å². The molecule has 2 heterocycles. The van der Waals surface area contributed by atoms with Crippen LogP contribution in [0.4, 0.5) is 4.39 Å². The summed E-state index contributed by atoms with van der Waals surface area (Å²) in [7, 11) is 1.71. The molecule has 0 spiro atoms. The number of rotatable bonds is 7. The van der Waals surface area contributed by atoms with E-state index in [9.17, 15) is 9.50 Å². The van der Waals surface area contributed by atoms with E-state index in [1.807, 2.05) is 0 Å². The van der Waals surface area contributed by atoms with Gasteiger partial charge in [-0.15, -0.1) is 24.0 Å². The number of aliphatic hydroxyl groups is 1. The van der Waals surface area contributed by atoms with Crippen LogP contribution in [0, 0.1) is 11.2 Å². The average molecular weight is 509 g/mol. The Labute approximate surface area is 182 Å². The highest BCUT2D eigenvalue weighted by atomic mass is 127. The van der Waals surface area contributed by atoms with Gasteiger partial charge in [0.25, 0.3) is 0 Å². The average Bonchev–Trinajstić information content (AvgIpc) is 3.13. The molecule has 2 aliphatic heterocycles. The van der Waals surface area contributed by atoms with Gasteiger partial charge >= 0.3 is 0 Å². The Morgan fingerprint density at radius 1 is 1.32 bits per heavy atom.